The van der Waals surface area contributed by atoms with Gasteiger partial charge in [0, 0.05) is 44.0 Å². The van der Waals surface area contributed by atoms with E-state index in [1.165, 1.54) is 24.1 Å². The van der Waals surface area contributed by atoms with Gasteiger partial charge in [-0.15, -0.1) is 0 Å². The van der Waals surface area contributed by atoms with Gasteiger partial charge in [0.1, 0.15) is 17.0 Å². The largest absolute Gasteiger partial charge is 0.493 e. The Labute approximate surface area is 246 Å². The van der Waals surface area contributed by atoms with Crippen LogP contribution in [0.3, 0.4) is 0 Å². The summed E-state index contributed by atoms with van der Waals surface area (Å²) in [7, 11) is 1.50. The Morgan fingerprint density at radius 2 is 1.69 bits per heavy atom. The Morgan fingerprint density at radius 1 is 1.10 bits per heavy atom. The number of nitrogens with one attached hydrogen (secondary N) is 1. The number of hydrogen-bond acceptors (Lipinski definition) is 5. The molecule has 0 unspecified atom stereocenters. The van der Waals surface area contributed by atoms with Gasteiger partial charge in [-0.3, -0.25) is 0 Å². The molecule has 0 bridgehead atoms. The standard InChI is InChI=1S/C32H42F2N2O6/c1-5-41-26-17-23(18-27(42-6-2)28(26)22-13-14-22)21(3)36(16-10-15-32(33,34)24-11-8-7-9-12-24)30(39)35-31(29(37)38)19-25(20-31)40-4/h7-9,11-12,17-18,21-22,25H,5-6,10,13-16,19-20H2,1-4H3,(H,35,39)(H,37,38)/t21-,25?,31?/m1/s1. The fourth-order valence-electron chi connectivity index (χ4n) is 5.63. The fourth-order valence-corrected chi connectivity index (χ4v) is 5.63. The van der Waals surface area contributed by atoms with Crippen molar-refractivity contribution in [2.45, 2.75) is 88.8 Å². The Bertz CT molecular complexity index is 1200. The Hall–Kier alpha value is -3.40. The van der Waals surface area contributed by atoms with E-state index in [1.807, 2.05) is 26.0 Å². The fraction of sp³-hybridized carbons (Fsp3) is 0.562. The third-order valence-corrected chi connectivity index (χ3v) is 8.25. The molecule has 0 aromatic heterocycles. The minimum Gasteiger partial charge on any atom is -0.493 e. The van der Waals surface area contributed by atoms with E-state index in [0.29, 0.717) is 36.2 Å². The Kier molecular flexibility index (Phi) is 9.97. The van der Waals surface area contributed by atoms with Crippen LogP contribution < -0.4 is 14.8 Å². The van der Waals surface area contributed by atoms with Crippen molar-refractivity contribution in [1.29, 1.82) is 0 Å². The summed E-state index contributed by atoms with van der Waals surface area (Å²) in [5.41, 5.74) is 0.159. The molecule has 2 aromatic rings. The molecule has 4 rings (SSSR count). The molecule has 0 heterocycles. The second-order valence-electron chi connectivity index (χ2n) is 11.2. The number of carbonyl (C=O) groups excluding carboxylic acids is 1. The van der Waals surface area contributed by atoms with Crippen LogP contribution in [-0.4, -0.2) is 60.5 Å². The Balaban J connectivity index is 1.62. The molecule has 2 aromatic carbocycles. The zero-order valence-corrected chi connectivity index (χ0v) is 24.8. The summed E-state index contributed by atoms with van der Waals surface area (Å²) >= 11 is 0. The first-order chi connectivity index (χ1) is 20.0. The van der Waals surface area contributed by atoms with Crippen molar-refractivity contribution >= 4 is 12.0 Å². The second kappa shape index (κ2) is 13.3. The molecule has 2 aliphatic carbocycles. The van der Waals surface area contributed by atoms with Gasteiger partial charge in [-0.25, -0.2) is 18.4 Å². The number of ether oxygens (including phenoxy) is 3. The van der Waals surface area contributed by atoms with E-state index >= 15 is 8.78 Å². The molecule has 0 aliphatic heterocycles. The van der Waals surface area contributed by atoms with Gasteiger partial charge in [-0.05, 0) is 63.6 Å². The maximum atomic E-state index is 15.0. The van der Waals surface area contributed by atoms with Crippen molar-refractivity contribution in [2.75, 3.05) is 26.9 Å². The van der Waals surface area contributed by atoms with Crippen molar-refractivity contribution in [2.24, 2.45) is 0 Å². The normalized spacial score (nSPS) is 20.8. The van der Waals surface area contributed by atoms with E-state index in [-0.39, 0.29) is 37.5 Å². The average Bonchev–Trinajstić information content (AvgIpc) is 3.78. The molecule has 2 N–H and O–H groups in total. The van der Waals surface area contributed by atoms with Gasteiger partial charge >= 0.3 is 12.0 Å². The number of carbonyl (C=O) groups is 2. The van der Waals surface area contributed by atoms with Crippen molar-refractivity contribution < 1.29 is 37.7 Å². The SMILES string of the molecule is CCOc1cc([C@@H](C)N(CCCC(F)(F)c2ccccc2)C(=O)NC2(C(=O)O)CC(OC)C2)cc(OCC)c1C1CC1. The van der Waals surface area contributed by atoms with Crippen molar-refractivity contribution in [3.63, 3.8) is 0 Å². The topological polar surface area (TPSA) is 97.3 Å². The lowest BCUT2D eigenvalue weighted by Crippen LogP contribution is -2.66. The number of rotatable bonds is 15. The number of aliphatic carboxylic acids is 1. The molecule has 1 atom stereocenters. The average molecular weight is 589 g/mol. The van der Waals surface area contributed by atoms with Gasteiger partial charge < -0.3 is 29.5 Å². The zero-order chi connectivity index (χ0) is 30.5. The molecule has 230 valence electrons. The molecule has 10 heteroatoms. The van der Waals surface area contributed by atoms with E-state index in [1.54, 1.807) is 25.1 Å². The van der Waals surface area contributed by atoms with E-state index in [0.717, 1.165) is 18.4 Å². The molecule has 42 heavy (non-hydrogen) atoms. The first-order valence-corrected chi connectivity index (χ1v) is 14.8. The van der Waals surface area contributed by atoms with Gasteiger partial charge in [0.25, 0.3) is 5.92 Å². The summed E-state index contributed by atoms with van der Waals surface area (Å²) in [5.74, 6) is -2.51. The number of amides is 2. The highest BCUT2D eigenvalue weighted by Gasteiger charge is 2.52. The number of nitrogens with zero attached hydrogens (tertiary/aromatic N) is 1. The summed E-state index contributed by atoms with van der Waals surface area (Å²) in [6.07, 6.45) is 1.57. The van der Waals surface area contributed by atoms with Crippen LogP contribution in [0, 0.1) is 0 Å². The smallest absolute Gasteiger partial charge is 0.329 e. The molecule has 0 radical (unpaired) electrons. The summed E-state index contributed by atoms with van der Waals surface area (Å²) < 4.78 is 47.3. The van der Waals surface area contributed by atoms with E-state index in [4.69, 9.17) is 14.2 Å². The number of methoxy groups -OCH3 is 1. The minimum absolute atomic E-state index is 0.00276. The number of halogens is 2. The summed E-state index contributed by atoms with van der Waals surface area (Å²) in [4.78, 5) is 27.4. The molecule has 2 amide bonds. The van der Waals surface area contributed by atoms with Gasteiger partial charge in [-0.2, -0.15) is 0 Å². The molecule has 0 saturated heterocycles. The van der Waals surface area contributed by atoms with Crippen LogP contribution in [0.25, 0.3) is 0 Å². The van der Waals surface area contributed by atoms with Gasteiger partial charge in [0.15, 0.2) is 0 Å². The highest BCUT2D eigenvalue weighted by Crippen LogP contribution is 2.50. The molecule has 2 aliphatic rings. The molecule has 0 spiro atoms. The van der Waals surface area contributed by atoms with Crippen LogP contribution in [0.5, 0.6) is 11.5 Å². The van der Waals surface area contributed by atoms with Crippen molar-refractivity contribution in [3.8, 4) is 11.5 Å². The lowest BCUT2D eigenvalue weighted by molar-refractivity contribution is -0.155. The number of alkyl halides is 2. The molecule has 2 saturated carbocycles. The summed E-state index contributed by atoms with van der Waals surface area (Å²) in [6.45, 7) is 6.48. The zero-order valence-electron chi connectivity index (χ0n) is 24.8. The number of carboxylic acid groups (broad SMARTS) is 1. The maximum Gasteiger partial charge on any atom is 0.329 e. The van der Waals surface area contributed by atoms with E-state index < -0.39 is 35.9 Å². The van der Waals surface area contributed by atoms with Crippen LogP contribution in [0.1, 0.15) is 87.9 Å². The summed E-state index contributed by atoms with van der Waals surface area (Å²) in [6, 6.07) is 10.1. The van der Waals surface area contributed by atoms with Crippen molar-refractivity contribution in [3.05, 3.63) is 59.2 Å². The maximum absolute atomic E-state index is 15.0. The van der Waals surface area contributed by atoms with Crippen LogP contribution >= 0.6 is 0 Å². The highest BCUT2D eigenvalue weighted by atomic mass is 19.3. The predicted molar refractivity (Wildman–Crippen MR) is 154 cm³/mol. The van der Waals surface area contributed by atoms with Crippen molar-refractivity contribution in [1.82, 2.24) is 10.2 Å². The lowest BCUT2D eigenvalue weighted by Gasteiger charge is -2.45. The first kappa shape index (κ1) is 31.5. The predicted octanol–water partition coefficient (Wildman–Crippen LogP) is 6.64. The first-order valence-electron chi connectivity index (χ1n) is 14.8. The van der Waals surface area contributed by atoms with Gasteiger partial charge in [-0.1, -0.05) is 30.3 Å². The molecule has 2 fully saturated rings. The quantitative estimate of drug-likeness (QED) is 0.242. The van der Waals surface area contributed by atoms with Crippen LogP contribution in [-0.2, 0) is 15.5 Å². The van der Waals surface area contributed by atoms with Gasteiger partial charge in [0.2, 0.25) is 0 Å². The molecular formula is C32H42F2N2O6. The Morgan fingerprint density at radius 3 is 2.19 bits per heavy atom. The minimum atomic E-state index is -3.08. The number of benzene rings is 2. The van der Waals surface area contributed by atoms with Crippen LogP contribution in [0.2, 0.25) is 0 Å². The molecular weight excluding hydrogens is 546 g/mol. The van der Waals surface area contributed by atoms with Crippen LogP contribution in [0.15, 0.2) is 42.5 Å². The van der Waals surface area contributed by atoms with Crippen LogP contribution in [0.4, 0.5) is 13.6 Å². The van der Waals surface area contributed by atoms with E-state index in [2.05, 4.69) is 5.32 Å². The monoisotopic (exact) mass is 588 g/mol. The third kappa shape index (κ3) is 6.97. The number of carboxylic acids is 1. The molecule has 8 nitrogen and oxygen atoms in total. The second-order valence-corrected chi connectivity index (χ2v) is 11.2. The number of urea groups is 1. The number of hydrogen-bond donors (Lipinski definition) is 2. The van der Waals surface area contributed by atoms with E-state index in [9.17, 15) is 14.7 Å². The van der Waals surface area contributed by atoms with Gasteiger partial charge in [0.05, 0.1) is 25.4 Å². The lowest BCUT2D eigenvalue weighted by atomic mass is 9.74. The summed E-state index contributed by atoms with van der Waals surface area (Å²) in [5, 5.41) is 12.7. The highest BCUT2D eigenvalue weighted by molar-refractivity contribution is 5.87. The third-order valence-electron chi connectivity index (χ3n) is 8.25.